The number of amides is 1. The Hall–Kier alpha value is -1.40. The Balaban J connectivity index is 2.26. The number of hydrogen-bond donors (Lipinski definition) is 1. The summed E-state index contributed by atoms with van der Waals surface area (Å²) in [5.74, 6) is -1.19. The van der Waals surface area contributed by atoms with Crippen LogP contribution in [0.25, 0.3) is 0 Å². The quantitative estimate of drug-likeness (QED) is 0.916. The molecular formula is C13H17NO4S. The third-order valence-electron chi connectivity index (χ3n) is 3.41. The molecule has 2 atom stereocenters. The lowest BCUT2D eigenvalue weighted by atomic mass is 10.2. The van der Waals surface area contributed by atoms with Crippen molar-refractivity contribution < 1.29 is 19.4 Å². The fourth-order valence-electron chi connectivity index (χ4n) is 2.42. The number of nitrogens with zero attached hydrogens (tertiary/aromatic N) is 1. The molecule has 0 bridgehead atoms. The molecule has 5 nitrogen and oxygen atoms in total. The van der Waals surface area contributed by atoms with Crippen molar-refractivity contribution in [3.05, 3.63) is 21.4 Å². The molecular weight excluding hydrogens is 266 g/mol. The van der Waals surface area contributed by atoms with Gasteiger partial charge in [0, 0.05) is 29.8 Å². The highest BCUT2D eigenvalue weighted by Crippen LogP contribution is 2.27. The van der Waals surface area contributed by atoms with E-state index >= 15 is 0 Å². The van der Waals surface area contributed by atoms with Crippen LogP contribution in [0.15, 0.2) is 6.07 Å². The first-order chi connectivity index (χ1) is 8.93. The van der Waals surface area contributed by atoms with Gasteiger partial charge in [-0.15, -0.1) is 11.3 Å². The Labute approximate surface area is 115 Å². The standard InChI is InChI=1S/C13H17NO4S/c1-7-4-10(8(2)19-7)12(15)14-6-9(18-3)5-11(14)13(16)17/h4,9,11H,5-6H2,1-3H3,(H,16,17). The number of hydrogen-bond acceptors (Lipinski definition) is 4. The minimum atomic E-state index is -0.975. The lowest BCUT2D eigenvalue weighted by Gasteiger charge is -2.21. The number of aliphatic carboxylic acids is 1. The number of methoxy groups -OCH3 is 1. The molecule has 0 radical (unpaired) electrons. The predicted molar refractivity (Wildman–Crippen MR) is 71.7 cm³/mol. The number of carbonyl (C=O) groups excluding carboxylic acids is 1. The van der Waals surface area contributed by atoms with Crippen LogP contribution in [0.2, 0.25) is 0 Å². The van der Waals surface area contributed by atoms with Gasteiger partial charge >= 0.3 is 5.97 Å². The van der Waals surface area contributed by atoms with Gasteiger partial charge in [0.15, 0.2) is 0 Å². The summed E-state index contributed by atoms with van der Waals surface area (Å²) in [5, 5.41) is 9.22. The van der Waals surface area contributed by atoms with Gasteiger partial charge in [-0.1, -0.05) is 0 Å². The molecule has 2 unspecified atom stereocenters. The van der Waals surface area contributed by atoms with E-state index in [0.717, 1.165) is 9.75 Å². The number of carboxylic acids is 1. The van der Waals surface area contributed by atoms with Gasteiger partial charge in [-0.2, -0.15) is 0 Å². The molecule has 1 aliphatic rings. The zero-order valence-corrected chi connectivity index (χ0v) is 12.0. The number of carbonyl (C=O) groups is 2. The van der Waals surface area contributed by atoms with E-state index in [2.05, 4.69) is 0 Å². The number of thiophene rings is 1. The van der Waals surface area contributed by atoms with Crippen molar-refractivity contribution >= 4 is 23.2 Å². The van der Waals surface area contributed by atoms with Crippen LogP contribution < -0.4 is 0 Å². The summed E-state index contributed by atoms with van der Waals surface area (Å²) in [6.45, 7) is 4.15. The van der Waals surface area contributed by atoms with Crippen LogP contribution in [0.4, 0.5) is 0 Å². The molecule has 1 saturated heterocycles. The molecule has 1 aromatic rings. The monoisotopic (exact) mass is 283 g/mol. The van der Waals surface area contributed by atoms with Crippen molar-refractivity contribution in [2.45, 2.75) is 32.4 Å². The van der Waals surface area contributed by atoms with E-state index in [-0.39, 0.29) is 12.0 Å². The van der Waals surface area contributed by atoms with E-state index in [1.165, 1.54) is 12.0 Å². The molecule has 0 spiro atoms. The van der Waals surface area contributed by atoms with Crippen LogP contribution >= 0.6 is 11.3 Å². The third kappa shape index (κ3) is 2.64. The van der Waals surface area contributed by atoms with Gasteiger partial charge in [-0.3, -0.25) is 4.79 Å². The van der Waals surface area contributed by atoms with Crippen LogP contribution in [-0.4, -0.2) is 47.7 Å². The smallest absolute Gasteiger partial charge is 0.326 e. The van der Waals surface area contributed by atoms with Crippen molar-refractivity contribution in [1.29, 1.82) is 0 Å². The summed E-state index contributed by atoms with van der Waals surface area (Å²) >= 11 is 1.55. The van der Waals surface area contributed by atoms with Crippen LogP contribution in [0.5, 0.6) is 0 Å². The largest absolute Gasteiger partial charge is 0.480 e. The Morgan fingerprint density at radius 2 is 2.16 bits per heavy atom. The maximum absolute atomic E-state index is 12.5. The first-order valence-corrected chi connectivity index (χ1v) is 6.89. The summed E-state index contributed by atoms with van der Waals surface area (Å²) in [5.41, 5.74) is 0.602. The number of rotatable bonds is 3. The van der Waals surface area contributed by atoms with E-state index in [4.69, 9.17) is 4.74 Å². The van der Waals surface area contributed by atoms with Crippen molar-refractivity contribution in [3.8, 4) is 0 Å². The highest BCUT2D eigenvalue weighted by atomic mass is 32.1. The van der Waals surface area contributed by atoms with E-state index in [0.29, 0.717) is 18.5 Å². The van der Waals surface area contributed by atoms with E-state index in [1.54, 1.807) is 11.3 Å². The average molecular weight is 283 g/mol. The molecule has 104 valence electrons. The number of likely N-dealkylation sites (tertiary alicyclic amines) is 1. The minimum absolute atomic E-state index is 0.204. The fraction of sp³-hybridized carbons (Fsp3) is 0.538. The molecule has 2 rings (SSSR count). The molecule has 0 aromatic carbocycles. The molecule has 1 amide bonds. The third-order valence-corrected chi connectivity index (χ3v) is 4.38. The Kier molecular flexibility index (Phi) is 3.91. The highest BCUT2D eigenvalue weighted by Gasteiger charge is 2.40. The van der Waals surface area contributed by atoms with E-state index in [9.17, 15) is 14.7 Å². The summed E-state index contributed by atoms with van der Waals surface area (Å²) in [6, 6.07) is 1.03. The Morgan fingerprint density at radius 3 is 2.63 bits per heavy atom. The van der Waals surface area contributed by atoms with E-state index < -0.39 is 12.0 Å². The second-order valence-electron chi connectivity index (χ2n) is 4.73. The molecule has 0 saturated carbocycles. The lowest BCUT2D eigenvalue weighted by molar-refractivity contribution is -0.141. The second kappa shape index (κ2) is 5.30. The zero-order valence-electron chi connectivity index (χ0n) is 11.2. The number of aryl methyl sites for hydroxylation is 2. The Bertz CT molecular complexity index is 511. The van der Waals surface area contributed by atoms with E-state index in [1.807, 2.05) is 19.9 Å². The minimum Gasteiger partial charge on any atom is -0.480 e. The summed E-state index contributed by atoms with van der Waals surface area (Å²) in [6.07, 6.45) is 0.143. The van der Waals surface area contributed by atoms with Gasteiger partial charge in [0.25, 0.3) is 5.91 Å². The predicted octanol–water partition coefficient (Wildman–Crippen LogP) is 1.68. The van der Waals surface area contributed by atoms with Crippen molar-refractivity contribution in [1.82, 2.24) is 4.90 Å². The molecule has 2 heterocycles. The maximum Gasteiger partial charge on any atom is 0.326 e. The van der Waals surface area contributed by atoms with Crippen molar-refractivity contribution in [2.75, 3.05) is 13.7 Å². The van der Waals surface area contributed by atoms with Gasteiger partial charge in [0.1, 0.15) is 6.04 Å². The molecule has 1 N–H and O–H groups in total. The van der Waals surface area contributed by atoms with Crippen LogP contribution in [0.1, 0.15) is 26.5 Å². The zero-order chi connectivity index (χ0) is 14.2. The molecule has 19 heavy (non-hydrogen) atoms. The first kappa shape index (κ1) is 14.0. The first-order valence-electron chi connectivity index (χ1n) is 6.07. The fourth-order valence-corrected chi connectivity index (χ4v) is 3.34. The van der Waals surface area contributed by atoms with Crippen molar-refractivity contribution in [2.24, 2.45) is 0 Å². The van der Waals surface area contributed by atoms with Gasteiger partial charge in [0.2, 0.25) is 0 Å². The number of ether oxygens (including phenoxy) is 1. The molecule has 1 aromatic heterocycles. The summed E-state index contributed by atoms with van der Waals surface area (Å²) in [4.78, 5) is 27.1. The Morgan fingerprint density at radius 1 is 1.47 bits per heavy atom. The van der Waals surface area contributed by atoms with Gasteiger partial charge in [0.05, 0.1) is 11.7 Å². The van der Waals surface area contributed by atoms with Crippen LogP contribution in [0.3, 0.4) is 0 Å². The van der Waals surface area contributed by atoms with Gasteiger partial charge < -0.3 is 14.7 Å². The summed E-state index contributed by atoms with van der Waals surface area (Å²) < 4.78 is 5.19. The second-order valence-corrected chi connectivity index (χ2v) is 6.19. The maximum atomic E-state index is 12.5. The number of carboxylic acid groups (broad SMARTS) is 1. The normalized spacial score (nSPS) is 22.8. The van der Waals surface area contributed by atoms with Gasteiger partial charge in [-0.05, 0) is 19.9 Å². The topological polar surface area (TPSA) is 66.8 Å². The SMILES string of the molecule is COC1CC(C(=O)O)N(C(=O)c2cc(C)sc2C)C1. The molecule has 1 fully saturated rings. The van der Waals surface area contributed by atoms with Crippen LogP contribution in [-0.2, 0) is 9.53 Å². The highest BCUT2D eigenvalue weighted by molar-refractivity contribution is 7.12. The molecule has 0 aliphatic carbocycles. The van der Waals surface area contributed by atoms with Crippen LogP contribution in [0, 0.1) is 13.8 Å². The average Bonchev–Trinajstić information content (AvgIpc) is 2.91. The molecule has 1 aliphatic heterocycles. The summed E-state index contributed by atoms with van der Waals surface area (Å²) in [7, 11) is 1.54. The lowest BCUT2D eigenvalue weighted by Crippen LogP contribution is -2.40. The van der Waals surface area contributed by atoms with Crippen molar-refractivity contribution in [3.63, 3.8) is 0 Å². The van der Waals surface area contributed by atoms with Gasteiger partial charge in [-0.25, -0.2) is 4.79 Å². The molecule has 6 heteroatoms.